The number of ketones is 1. The van der Waals surface area contributed by atoms with Crippen LogP contribution in [-0.2, 0) is 11.8 Å². The molecule has 1 heterocycles. The molecule has 124 valence electrons. The SMILES string of the molecule is Cc1cccc(NC(=O)C(C#N)C(=O)c2nn(C)c3ccccc23)c1. The summed E-state index contributed by atoms with van der Waals surface area (Å²) in [5.74, 6) is -2.73. The summed E-state index contributed by atoms with van der Waals surface area (Å²) in [7, 11) is 1.72. The van der Waals surface area contributed by atoms with Crippen LogP contribution < -0.4 is 5.32 Å². The number of nitrogens with zero attached hydrogens (tertiary/aromatic N) is 3. The van der Waals surface area contributed by atoms with Gasteiger partial charge in [-0.05, 0) is 30.7 Å². The molecule has 6 heteroatoms. The normalized spacial score (nSPS) is 11.7. The maximum atomic E-state index is 12.7. The van der Waals surface area contributed by atoms with E-state index in [0.717, 1.165) is 11.1 Å². The summed E-state index contributed by atoms with van der Waals surface area (Å²) in [6.07, 6.45) is 0. The molecule has 1 amide bonds. The Morgan fingerprint density at radius 2 is 1.96 bits per heavy atom. The molecule has 0 radical (unpaired) electrons. The fourth-order valence-electron chi connectivity index (χ4n) is 2.71. The van der Waals surface area contributed by atoms with Crippen LogP contribution in [0.4, 0.5) is 5.69 Å². The van der Waals surface area contributed by atoms with Gasteiger partial charge in [0.05, 0.1) is 11.6 Å². The summed E-state index contributed by atoms with van der Waals surface area (Å²) in [4.78, 5) is 25.2. The topological polar surface area (TPSA) is 87.8 Å². The van der Waals surface area contributed by atoms with Gasteiger partial charge in [-0.3, -0.25) is 14.3 Å². The van der Waals surface area contributed by atoms with Gasteiger partial charge >= 0.3 is 0 Å². The molecule has 6 nitrogen and oxygen atoms in total. The van der Waals surface area contributed by atoms with Crippen LogP contribution in [0.2, 0.25) is 0 Å². The summed E-state index contributed by atoms with van der Waals surface area (Å²) >= 11 is 0. The van der Waals surface area contributed by atoms with Gasteiger partial charge in [0.1, 0.15) is 5.69 Å². The van der Waals surface area contributed by atoms with Gasteiger partial charge in [-0.1, -0.05) is 30.3 Å². The molecule has 0 saturated carbocycles. The Labute approximate surface area is 144 Å². The van der Waals surface area contributed by atoms with Gasteiger partial charge in [-0.15, -0.1) is 0 Å². The molecule has 0 bridgehead atoms. The fraction of sp³-hybridized carbons (Fsp3) is 0.158. The third-order valence-electron chi connectivity index (χ3n) is 3.93. The zero-order valence-electron chi connectivity index (χ0n) is 13.9. The van der Waals surface area contributed by atoms with E-state index in [1.807, 2.05) is 25.1 Å². The second kappa shape index (κ2) is 6.57. The number of nitrogens with one attached hydrogen (secondary N) is 1. The first-order valence-electron chi connectivity index (χ1n) is 7.74. The van der Waals surface area contributed by atoms with Gasteiger partial charge in [-0.25, -0.2) is 0 Å². The van der Waals surface area contributed by atoms with E-state index in [1.54, 1.807) is 48.1 Å². The number of amides is 1. The van der Waals surface area contributed by atoms with E-state index < -0.39 is 17.6 Å². The number of fused-ring (bicyclic) bond motifs is 1. The predicted octanol–water partition coefficient (Wildman–Crippen LogP) is 2.84. The number of benzene rings is 2. The maximum absolute atomic E-state index is 12.7. The Kier molecular flexibility index (Phi) is 4.31. The van der Waals surface area contributed by atoms with Crippen LogP contribution in [-0.4, -0.2) is 21.5 Å². The van der Waals surface area contributed by atoms with E-state index in [2.05, 4.69) is 10.4 Å². The summed E-state index contributed by atoms with van der Waals surface area (Å²) in [5, 5.41) is 16.8. The van der Waals surface area contributed by atoms with Crippen LogP contribution in [0, 0.1) is 24.2 Å². The van der Waals surface area contributed by atoms with Crippen molar-refractivity contribution in [2.45, 2.75) is 6.92 Å². The first-order chi connectivity index (χ1) is 12.0. The third kappa shape index (κ3) is 3.12. The number of anilines is 1. The highest BCUT2D eigenvalue weighted by Gasteiger charge is 2.31. The number of carbonyl (C=O) groups excluding carboxylic acids is 2. The van der Waals surface area contributed by atoms with Crippen LogP contribution in [0.25, 0.3) is 10.9 Å². The summed E-state index contributed by atoms with van der Waals surface area (Å²) in [6, 6.07) is 16.2. The zero-order chi connectivity index (χ0) is 18.0. The summed E-state index contributed by atoms with van der Waals surface area (Å²) < 4.78 is 1.56. The van der Waals surface area contributed by atoms with Gasteiger partial charge in [0.2, 0.25) is 11.7 Å². The average molecular weight is 332 g/mol. The minimum Gasteiger partial charge on any atom is -0.325 e. The minimum atomic E-state index is -1.46. The molecule has 1 atom stereocenters. The first-order valence-corrected chi connectivity index (χ1v) is 7.74. The second-order valence-corrected chi connectivity index (χ2v) is 5.77. The molecule has 0 spiro atoms. The Bertz CT molecular complexity index is 1010. The lowest BCUT2D eigenvalue weighted by atomic mass is 10.00. The Morgan fingerprint density at radius 1 is 1.20 bits per heavy atom. The van der Waals surface area contributed by atoms with Crippen molar-refractivity contribution < 1.29 is 9.59 Å². The molecule has 0 aliphatic rings. The first kappa shape index (κ1) is 16.4. The largest absolute Gasteiger partial charge is 0.325 e. The van der Waals surface area contributed by atoms with Gasteiger partial charge in [0, 0.05) is 18.1 Å². The molecule has 0 fully saturated rings. The predicted molar refractivity (Wildman–Crippen MR) is 94.0 cm³/mol. The monoisotopic (exact) mass is 332 g/mol. The fourth-order valence-corrected chi connectivity index (χ4v) is 2.71. The van der Waals surface area contributed by atoms with Gasteiger partial charge in [0.25, 0.3) is 0 Å². The lowest BCUT2D eigenvalue weighted by molar-refractivity contribution is -0.117. The quantitative estimate of drug-likeness (QED) is 0.588. The maximum Gasteiger partial charge on any atom is 0.249 e. The third-order valence-corrected chi connectivity index (χ3v) is 3.93. The number of carbonyl (C=O) groups is 2. The molecular formula is C19H16N4O2. The van der Waals surface area contributed by atoms with Crippen molar-refractivity contribution in [3.8, 4) is 6.07 Å². The molecule has 25 heavy (non-hydrogen) atoms. The van der Waals surface area contributed by atoms with Crippen LogP contribution in [0.15, 0.2) is 48.5 Å². The summed E-state index contributed by atoms with van der Waals surface area (Å²) in [6.45, 7) is 1.89. The van der Waals surface area contributed by atoms with Crippen LogP contribution >= 0.6 is 0 Å². The van der Waals surface area contributed by atoms with Crippen LogP contribution in [0.1, 0.15) is 16.1 Å². The van der Waals surface area contributed by atoms with Crippen molar-refractivity contribution in [1.82, 2.24) is 9.78 Å². The molecule has 2 aromatic carbocycles. The Balaban J connectivity index is 1.91. The number of aromatic nitrogens is 2. The van der Waals surface area contributed by atoms with E-state index in [9.17, 15) is 14.9 Å². The van der Waals surface area contributed by atoms with Crippen molar-refractivity contribution in [1.29, 1.82) is 5.26 Å². The van der Waals surface area contributed by atoms with E-state index in [4.69, 9.17) is 0 Å². The van der Waals surface area contributed by atoms with Crippen molar-refractivity contribution in [3.63, 3.8) is 0 Å². The molecule has 0 saturated heterocycles. The molecule has 1 aromatic heterocycles. The molecule has 0 aliphatic carbocycles. The number of rotatable bonds is 4. The highest BCUT2D eigenvalue weighted by atomic mass is 16.2. The minimum absolute atomic E-state index is 0.129. The number of para-hydroxylation sites is 1. The smallest absolute Gasteiger partial charge is 0.249 e. The average Bonchev–Trinajstić information content (AvgIpc) is 2.93. The molecular weight excluding hydrogens is 316 g/mol. The Morgan fingerprint density at radius 3 is 2.68 bits per heavy atom. The molecule has 1 N–H and O–H groups in total. The number of nitriles is 1. The second-order valence-electron chi connectivity index (χ2n) is 5.77. The van der Waals surface area contributed by atoms with Crippen LogP contribution in [0.3, 0.4) is 0 Å². The van der Waals surface area contributed by atoms with E-state index >= 15 is 0 Å². The highest BCUT2D eigenvalue weighted by molar-refractivity contribution is 6.18. The van der Waals surface area contributed by atoms with Crippen molar-refractivity contribution >= 4 is 28.3 Å². The van der Waals surface area contributed by atoms with Crippen molar-refractivity contribution in [2.24, 2.45) is 13.0 Å². The lowest BCUT2D eigenvalue weighted by Crippen LogP contribution is -2.29. The number of aryl methyl sites for hydroxylation is 2. The van der Waals surface area contributed by atoms with E-state index in [0.29, 0.717) is 11.1 Å². The highest BCUT2D eigenvalue weighted by Crippen LogP contribution is 2.21. The zero-order valence-corrected chi connectivity index (χ0v) is 13.9. The number of Topliss-reactive ketones (excluding diaryl/α,β-unsaturated/α-hetero) is 1. The molecule has 0 aliphatic heterocycles. The number of hydrogen-bond acceptors (Lipinski definition) is 4. The van der Waals surface area contributed by atoms with Crippen molar-refractivity contribution in [2.75, 3.05) is 5.32 Å². The van der Waals surface area contributed by atoms with E-state index in [1.165, 1.54) is 0 Å². The van der Waals surface area contributed by atoms with Gasteiger partial charge < -0.3 is 5.32 Å². The molecule has 3 rings (SSSR count). The van der Waals surface area contributed by atoms with Gasteiger partial charge in [0.15, 0.2) is 5.92 Å². The lowest BCUT2D eigenvalue weighted by Gasteiger charge is -2.09. The standard InChI is InChI=1S/C19H16N4O2/c1-12-6-5-7-13(10-12)21-19(25)15(11-20)18(24)17-14-8-3-4-9-16(14)23(2)22-17/h3-10,15H,1-2H3,(H,21,25). The Hall–Kier alpha value is -3.46. The van der Waals surface area contributed by atoms with E-state index in [-0.39, 0.29) is 5.69 Å². The van der Waals surface area contributed by atoms with Gasteiger partial charge in [-0.2, -0.15) is 10.4 Å². The van der Waals surface area contributed by atoms with Crippen LogP contribution in [0.5, 0.6) is 0 Å². The summed E-state index contributed by atoms with van der Waals surface area (Å²) in [5.41, 5.74) is 2.41. The van der Waals surface area contributed by atoms with Crippen molar-refractivity contribution in [3.05, 3.63) is 59.8 Å². The molecule has 3 aromatic rings. The molecule has 1 unspecified atom stereocenters. The number of hydrogen-bond donors (Lipinski definition) is 1.